The lowest BCUT2D eigenvalue weighted by atomic mass is 10.1. The minimum absolute atomic E-state index is 0.0307. The summed E-state index contributed by atoms with van der Waals surface area (Å²) in [7, 11) is 0. The molecule has 0 radical (unpaired) electrons. The third kappa shape index (κ3) is 4.18. The summed E-state index contributed by atoms with van der Waals surface area (Å²) in [6.45, 7) is -0.0307. The molecule has 0 amide bonds. The van der Waals surface area contributed by atoms with Crippen molar-refractivity contribution in [3.63, 3.8) is 0 Å². The summed E-state index contributed by atoms with van der Waals surface area (Å²) < 4.78 is 18.8. The van der Waals surface area contributed by atoms with Crippen LogP contribution in [0.3, 0.4) is 0 Å². The number of hydrogen-bond acceptors (Lipinski definition) is 6. The second-order valence-electron chi connectivity index (χ2n) is 5.91. The van der Waals surface area contributed by atoms with Crippen molar-refractivity contribution in [1.82, 2.24) is 9.55 Å². The van der Waals surface area contributed by atoms with Crippen molar-refractivity contribution in [1.29, 1.82) is 0 Å². The zero-order valence-corrected chi connectivity index (χ0v) is 14.6. The zero-order valence-electron chi connectivity index (χ0n) is 14.6. The minimum atomic E-state index is -1.23. The number of ether oxygens (including phenoxy) is 1. The molecule has 1 atom stereocenters. The first-order valence-corrected chi connectivity index (χ1v) is 8.30. The molecular weight excluding hydrogens is 365 g/mol. The van der Waals surface area contributed by atoms with E-state index in [0.29, 0.717) is 10.1 Å². The van der Waals surface area contributed by atoms with Crippen LogP contribution in [0.15, 0.2) is 71.9 Å². The number of halogens is 1. The van der Waals surface area contributed by atoms with Crippen LogP contribution in [0.4, 0.5) is 4.39 Å². The van der Waals surface area contributed by atoms with Crippen LogP contribution in [-0.4, -0.2) is 21.4 Å². The van der Waals surface area contributed by atoms with Gasteiger partial charge in [-0.25, -0.2) is 18.7 Å². The largest absolute Gasteiger partial charge is 0.457 e. The van der Waals surface area contributed by atoms with Crippen LogP contribution in [0, 0.1) is 5.82 Å². The number of benzene rings is 2. The van der Waals surface area contributed by atoms with E-state index in [1.54, 1.807) is 24.3 Å². The molecule has 0 aliphatic heterocycles. The van der Waals surface area contributed by atoms with Crippen LogP contribution in [-0.2, 0) is 11.3 Å². The van der Waals surface area contributed by atoms with E-state index in [-0.39, 0.29) is 6.61 Å². The number of rotatable bonds is 5. The Morgan fingerprint density at radius 1 is 1.11 bits per heavy atom. The molecule has 0 fully saturated rings. The molecule has 0 saturated carbocycles. The Kier molecular flexibility index (Phi) is 5.71. The van der Waals surface area contributed by atoms with E-state index >= 15 is 0 Å². The second-order valence-corrected chi connectivity index (χ2v) is 5.91. The van der Waals surface area contributed by atoms with Gasteiger partial charge in [-0.15, -0.1) is 0 Å². The van der Waals surface area contributed by atoms with Crippen LogP contribution in [0.2, 0.25) is 0 Å². The predicted molar refractivity (Wildman–Crippen MR) is 98.0 cm³/mol. The SMILES string of the molecule is NC(C(=O)n1cncc(C(=O)OCc2ccccc2)c1=O)c1ccc(F)cc1. The van der Waals surface area contributed by atoms with Gasteiger partial charge in [-0.3, -0.25) is 9.59 Å². The summed E-state index contributed by atoms with van der Waals surface area (Å²) in [6.07, 6.45) is 2.00. The van der Waals surface area contributed by atoms with Crippen molar-refractivity contribution in [3.05, 3.63) is 100.0 Å². The van der Waals surface area contributed by atoms with Crippen LogP contribution in [0.1, 0.15) is 32.3 Å². The molecule has 0 aliphatic carbocycles. The molecule has 7 nitrogen and oxygen atoms in total. The van der Waals surface area contributed by atoms with Crippen molar-refractivity contribution < 1.29 is 18.7 Å². The highest BCUT2D eigenvalue weighted by atomic mass is 19.1. The van der Waals surface area contributed by atoms with E-state index in [1.165, 1.54) is 12.1 Å². The second kappa shape index (κ2) is 8.36. The summed E-state index contributed by atoms with van der Waals surface area (Å²) >= 11 is 0. The van der Waals surface area contributed by atoms with E-state index in [9.17, 15) is 18.8 Å². The summed E-state index contributed by atoms with van der Waals surface area (Å²) in [5.41, 5.74) is 5.65. The molecule has 3 aromatic rings. The number of carbonyl (C=O) groups excluding carboxylic acids is 2. The van der Waals surface area contributed by atoms with E-state index in [0.717, 1.165) is 30.2 Å². The molecule has 2 aromatic carbocycles. The maximum atomic E-state index is 13.0. The third-order valence-corrected chi connectivity index (χ3v) is 4.00. The fourth-order valence-electron chi connectivity index (χ4n) is 2.47. The van der Waals surface area contributed by atoms with Crippen LogP contribution < -0.4 is 11.3 Å². The third-order valence-electron chi connectivity index (χ3n) is 4.00. The molecule has 3 rings (SSSR count). The highest BCUT2D eigenvalue weighted by Gasteiger charge is 2.22. The Hall–Kier alpha value is -3.65. The van der Waals surface area contributed by atoms with Gasteiger partial charge in [-0.1, -0.05) is 42.5 Å². The highest BCUT2D eigenvalue weighted by Crippen LogP contribution is 2.13. The summed E-state index contributed by atoms with van der Waals surface area (Å²) in [5, 5.41) is 0. The first-order valence-electron chi connectivity index (χ1n) is 8.30. The summed E-state index contributed by atoms with van der Waals surface area (Å²) in [5.74, 6) is -2.19. The van der Waals surface area contributed by atoms with Crippen molar-refractivity contribution in [2.45, 2.75) is 12.6 Å². The van der Waals surface area contributed by atoms with Crippen LogP contribution in [0.5, 0.6) is 0 Å². The molecule has 8 heteroatoms. The molecule has 0 bridgehead atoms. The van der Waals surface area contributed by atoms with Gasteiger partial charge in [-0.05, 0) is 23.3 Å². The Morgan fingerprint density at radius 3 is 2.46 bits per heavy atom. The predicted octanol–water partition coefficient (Wildman–Crippen LogP) is 2.08. The first kappa shape index (κ1) is 19.1. The highest BCUT2D eigenvalue weighted by molar-refractivity contribution is 5.90. The Balaban J connectivity index is 1.80. The van der Waals surface area contributed by atoms with Gasteiger partial charge >= 0.3 is 5.97 Å². The molecule has 0 saturated heterocycles. The van der Waals surface area contributed by atoms with Crippen LogP contribution >= 0.6 is 0 Å². The van der Waals surface area contributed by atoms with E-state index in [1.807, 2.05) is 6.07 Å². The zero-order chi connectivity index (χ0) is 20.1. The Morgan fingerprint density at radius 2 is 1.79 bits per heavy atom. The molecule has 28 heavy (non-hydrogen) atoms. The molecule has 0 spiro atoms. The summed E-state index contributed by atoms with van der Waals surface area (Å²) in [6, 6.07) is 12.7. The summed E-state index contributed by atoms with van der Waals surface area (Å²) in [4.78, 5) is 41.1. The average Bonchev–Trinajstić information content (AvgIpc) is 2.72. The van der Waals surface area contributed by atoms with Gasteiger partial charge in [0.15, 0.2) is 0 Å². The lowest BCUT2D eigenvalue weighted by Gasteiger charge is -2.13. The first-order chi connectivity index (χ1) is 13.5. The van der Waals surface area contributed by atoms with E-state index in [2.05, 4.69) is 4.98 Å². The van der Waals surface area contributed by atoms with Gasteiger partial charge in [0.25, 0.3) is 11.5 Å². The number of hydrogen-bond donors (Lipinski definition) is 1. The molecule has 1 aromatic heterocycles. The normalized spacial score (nSPS) is 11.6. The van der Waals surface area contributed by atoms with Crippen LogP contribution in [0.25, 0.3) is 0 Å². The maximum Gasteiger partial charge on any atom is 0.345 e. The number of aromatic nitrogens is 2. The maximum absolute atomic E-state index is 13.0. The van der Waals surface area contributed by atoms with Gasteiger partial charge < -0.3 is 10.5 Å². The van der Waals surface area contributed by atoms with Crippen molar-refractivity contribution in [2.75, 3.05) is 0 Å². The molecule has 1 unspecified atom stereocenters. The van der Waals surface area contributed by atoms with Gasteiger partial charge in [0.2, 0.25) is 0 Å². The van der Waals surface area contributed by atoms with E-state index < -0.39 is 34.9 Å². The topological polar surface area (TPSA) is 104 Å². The standard InChI is InChI=1S/C20H16FN3O4/c21-15-8-6-14(7-9-15)17(22)19(26)24-12-23-10-16(18(24)25)20(27)28-11-13-4-2-1-3-5-13/h1-10,12,17H,11,22H2. The fraction of sp³-hybridized carbons (Fsp3) is 0.100. The number of nitrogens with two attached hydrogens (primary N) is 1. The lowest BCUT2D eigenvalue weighted by Crippen LogP contribution is -2.37. The van der Waals surface area contributed by atoms with Gasteiger partial charge in [0.05, 0.1) is 0 Å². The smallest absolute Gasteiger partial charge is 0.345 e. The fourth-order valence-corrected chi connectivity index (χ4v) is 2.47. The Bertz CT molecular complexity index is 1050. The minimum Gasteiger partial charge on any atom is -0.457 e. The quantitative estimate of drug-likeness (QED) is 0.679. The average molecular weight is 381 g/mol. The van der Waals surface area contributed by atoms with Crippen molar-refractivity contribution in [2.24, 2.45) is 5.73 Å². The molecule has 0 aliphatic rings. The monoisotopic (exact) mass is 381 g/mol. The molecule has 1 heterocycles. The molecular formula is C20H16FN3O4. The van der Waals surface area contributed by atoms with Gasteiger partial charge in [-0.2, -0.15) is 0 Å². The van der Waals surface area contributed by atoms with Gasteiger partial charge in [0.1, 0.15) is 30.4 Å². The van der Waals surface area contributed by atoms with Crippen molar-refractivity contribution in [3.8, 4) is 0 Å². The van der Waals surface area contributed by atoms with Gasteiger partial charge in [0, 0.05) is 6.20 Å². The van der Waals surface area contributed by atoms with Crippen molar-refractivity contribution >= 4 is 11.9 Å². The number of esters is 1. The molecule has 2 N–H and O–H groups in total. The van der Waals surface area contributed by atoms with E-state index in [4.69, 9.17) is 10.5 Å². The molecule has 142 valence electrons. The number of carbonyl (C=O) groups is 2. The Labute approximate surface area is 159 Å². The number of nitrogens with zero attached hydrogens (tertiary/aromatic N) is 2. The lowest BCUT2D eigenvalue weighted by molar-refractivity contribution is 0.0469.